The van der Waals surface area contributed by atoms with Crippen LogP contribution in [0.5, 0.6) is 0 Å². The Bertz CT molecular complexity index is 783. The van der Waals surface area contributed by atoms with Crippen molar-refractivity contribution < 1.29 is 4.79 Å². The molecule has 0 aliphatic heterocycles. The normalized spacial score (nSPS) is 10.7. The third-order valence-corrected chi connectivity index (χ3v) is 4.21. The van der Waals surface area contributed by atoms with Gasteiger partial charge in [0.25, 0.3) is 0 Å². The largest absolute Gasteiger partial charge is 0.281 e. The van der Waals surface area contributed by atoms with E-state index < -0.39 is 0 Å². The van der Waals surface area contributed by atoms with Crippen LogP contribution in [-0.4, -0.2) is 10.1 Å². The monoisotopic (exact) mass is 299 g/mol. The maximum absolute atomic E-state index is 12.3. The number of thioether (sulfide) groups is 1. The van der Waals surface area contributed by atoms with Gasteiger partial charge in [-0.2, -0.15) is 0 Å². The van der Waals surface area contributed by atoms with Crippen molar-refractivity contribution in [3.8, 4) is 0 Å². The van der Waals surface area contributed by atoms with Gasteiger partial charge in [0.15, 0.2) is 0 Å². The lowest BCUT2D eigenvalue weighted by atomic mass is 10.2. The molecule has 0 saturated heterocycles. The van der Waals surface area contributed by atoms with E-state index in [1.807, 2.05) is 42.5 Å². The number of aromatic nitrogens is 1. The van der Waals surface area contributed by atoms with Gasteiger partial charge in [-0.05, 0) is 42.1 Å². The van der Waals surface area contributed by atoms with Gasteiger partial charge in [0.05, 0.1) is 10.5 Å². The first kappa shape index (κ1) is 13.2. The number of carbonyl (C=O) groups is 1. The summed E-state index contributed by atoms with van der Waals surface area (Å²) in [6.07, 6.45) is 1.74. The summed E-state index contributed by atoms with van der Waals surface area (Å²) in [5.74, 6) is 0. The highest BCUT2D eigenvalue weighted by molar-refractivity contribution is 8.14. The van der Waals surface area contributed by atoms with Crippen molar-refractivity contribution in [3.63, 3.8) is 0 Å². The van der Waals surface area contributed by atoms with E-state index in [0.29, 0.717) is 10.6 Å². The zero-order valence-corrected chi connectivity index (χ0v) is 12.0. The second-order valence-corrected chi connectivity index (χ2v) is 5.62. The molecule has 3 aromatic rings. The first-order valence-electron chi connectivity index (χ1n) is 6.06. The van der Waals surface area contributed by atoms with Gasteiger partial charge in [-0.25, -0.2) is 0 Å². The molecule has 1 heterocycles. The van der Waals surface area contributed by atoms with Crippen LogP contribution in [0.3, 0.4) is 0 Å². The van der Waals surface area contributed by atoms with E-state index in [1.54, 1.807) is 18.3 Å². The van der Waals surface area contributed by atoms with E-state index >= 15 is 0 Å². The molecule has 0 fully saturated rings. The molecule has 0 bridgehead atoms. The second-order valence-electron chi connectivity index (χ2n) is 4.20. The molecule has 0 aliphatic rings. The van der Waals surface area contributed by atoms with Crippen molar-refractivity contribution in [1.29, 1.82) is 0 Å². The minimum Gasteiger partial charge on any atom is -0.281 e. The molecule has 0 saturated carbocycles. The topological polar surface area (TPSA) is 30.0 Å². The van der Waals surface area contributed by atoms with Crippen molar-refractivity contribution in [1.82, 2.24) is 4.98 Å². The molecular weight excluding hydrogens is 290 g/mol. The van der Waals surface area contributed by atoms with Crippen LogP contribution < -0.4 is 0 Å². The van der Waals surface area contributed by atoms with Gasteiger partial charge in [-0.15, -0.1) is 0 Å². The zero-order chi connectivity index (χ0) is 13.9. The van der Waals surface area contributed by atoms with E-state index in [4.69, 9.17) is 11.6 Å². The number of hydrogen-bond donors (Lipinski definition) is 0. The third kappa shape index (κ3) is 2.55. The van der Waals surface area contributed by atoms with Crippen LogP contribution in [0.2, 0.25) is 5.02 Å². The summed E-state index contributed by atoms with van der Waals surface area (Å²) in [5, 5.41) is 1.38. The summed E-state index contributed by atoms with van der Waals surface area (Å²) >= 11 is 7.23. The van der Waals surface area contributed by atoms with Gasteiger partial charge in [0, 0.05) is 22.0 Å². The highest BCUT2D eigenvalue weighted by Gasteiger charge is 2.13. The van der Waals surface area contributed by atoms with Crippen LogP contribution in [0.1, 0.15) is 10.4 Å². The highest BCUT2D eigenvalue weighted by Crippen LogP contribution is 2.31. The maximum Gasteiger partial charge on any atom is 0.225 e. The molecule has 0 N–H and O–H groups in total. The summed E-state index contributed by atoms with van der Waals surface area (Å²) < 4.78 is 0. The molecule has 0 unspecified atom stereocenters. The Balaban J connectivity index is 1.98. The van der Waals surface area contributed by atoms with Gasteiger partial charge in [-0.3, -0.25) is 9.78 Å². The fourth-order valence-corrected chi connectivity index (χ4v) is 3.14. The van der Waals surface area contributed by atoms with Crippen molar-refractivity contribution in [3.05, 3.63) is 71.4 Å². The number of fused-ring (bicyclic) bond motifs is 1. The Morgan fingerprint density at radius 2 is 1.85 bits per heavy atom. The number of carbonyl (C=O) groups excluding carboxylic acids is 1. The second kappa shape index (κ2) is 5.65. The summed E-state index contributed by atoms with van der Waals surface area (Å²) in [6.45, 7) is 0. The Kier molecular flexibility index (Phi) is 3.72. The number of halogens is 1. The fourth-order valence-electron chi connectivity index (χ4n) is 1.95. The molecule has 2 aromatic carbocycles. The molecule has 20 heavy (non-hydrogen) atoms. The minimum atomic E-state index is -0.0630. The van der Waals surface area contributed by atoms with Gasteiger partial charge < -0.3 is 0 Å². The molecule has 2 nitrogen and oxygen atoms in total. The summed E-state index contributed by atoms with van der Waals surface area (Å²) in [4.78, 5) is 17.5. The Labute approximate surface area is 125 Å². The van der Waals surface area contributed by atoms with Gasteiger partial charge >= 0.3 is 0 Å². The minimum absolute atomic E-state index is 0.0630. The number of rotatable bonds is 2. The standard InChI is InChI=1S/C16H10ClNOS/c17-13-7-2-1-5-11(13)16(19)20-15-9-3-8-14-12(15)6-4-10-18-14/h1-10H. The summed E-state index contributed by atoms with van der Waals surface area (Å²) in [6, 6.07) is 16.7. The summed E-state index contributed by atoms with van der Waals surface area (Å²) in [7, 11) is 0. The maximum atomic E-state index is 12.3. The van der Waals surface area contributed by atoms with E-state index in [2.05, 4.69) is 4.98 Å². The van der Waals surface area contributed by atoms with Crippen LogP contribution in [0.25, 0.3) is 10.9 Å². The Morgan fingerprint density at radius 1 is 1.00 bits per heavy atom. The summed E-state index contributed by atoms with van der Waals surface area (Å²) in [5.41, 5.74) is 1.41. The number of pyridine rings is 1. The zero-order valence-electron chi connectivity index (χ0n) is 10.4. The number of nitrogens with zero attached hydrogens (tertiary/aromatic N) is 1. The molecule has 98 valence electrons. The average Bonchev–Trinajstić information content (AvgIpc) is 2.48. The van der Waals surface area contributed by atoms with E-state index in [-0.39, 0.29) is 5.12 Å². The lowest BCUT2D eigenvalue weighted by Crippen LogP contribution is -1.94. The molecule has 0 radical (unpaired) electrons. The lowest BCUT2D eigenvalue weighted by molar-refractivity contribution is 0.108. The first-order chi connectivity index (χ1) is 9.75. The average molecular weight is 300 g/mol. The lowest BCUT2D eigenvalue weighted by Gasteiger charge is -2.06. The molecule has 0 spiro atoms. The third-order valence-electron chi connectivity index (χ3n) is 2.90. The molecule has 3 rings (SSSR count). The highest BCUT2D eigenvalue weighted by atomic mass is 35.5. The molecule has 0 aliphatic carbocycles. The quantitative estimate of drug-likeness (QED) is 0.635. The Morgan fingerprint density at radius 3 is 2.70 bits per heavy atom. The van der Waals surface area contributed by atoms with Crippen molar-refractivity contribution in [2.45, 2.75) is 4.90 Å². The predicted molar refractivity (Wildman–Crippen MR) is 83.4 cm³/mol. The van der Waals surface area contributed by atoms with Crippen LogP contribution in [0, 0.1) is 0 Å². The van der Waals surface area contributed by atoms with Gasteiger partial charge in [0.1, 0.15) is 0 Å². The van der Waals surface area contributed by atoms with Gasteiger partial charge in [-0.1, -0.05) is 35.9 Å². The van der Waals surface area contributed by atoms with E-state index in [0.717, 1.165) is 15.8 Å². The SMILES string of the molecule is O=C(Sc1cccc2ncccc12)c1ccccc1Cl. The van der Waals surface area contributed by atoms with Crippen LogP contribution in [-0.2, 0) is 0 Å². The predicted octanol–water partition coefficient (Wildman–Crippen LogP) is 4.82. The molecule has 0 atom stereocenters. The van der Waals surface area contributed by atoms with Crippen LogP contribution in [0.4, 0.5) is 0 Å². The van der Waals surface area contributed by atoms with Crippen molar-refractivity contribution in [2.24, 2.45) is 0 Å². The molecule has 1 aromatic heterocycles. The molecule has 4 heteroatoms. The van der Waals surface area contributed by atoms with Crippen LogP contribution >= 0.6 is 23.4 Å². The van der Waals surface area contributed by atoms with Gasteiger partial charge in [0.2, 0.25) is 5.12 Å². The van der Waals surface area contributed by atoms with E-state index in [9.17, 15) is 4.79 Å². The molecule has 0 amide bonds. The fraction of sp³-hybridized carbons (Fsp3) is 0. The van der Waals surface area contributed by atoms with Crippen molar-refractivity contribution in [2.75, 3.05) is 0 Å². The van der Waals surface area contributed by atoms with Crippen molar-refractivity contribution >= 4 is 39.4 Å². The number of hydrogen-bond acceptors (Lipinski definition) is 3. The Hall–Kier alpha value is -1.84. The van der Waals surface area contributed by atoms with E-state index in [1.165, 1.54) is 11.8 Å². The molecular formula is C16H10ClNOS. The van der Waals surface area contributed by atoms with Crippen LogP contribution in [0.15, 0.2) is 65.7 Å². The smallest absolute Gasteiger partial charge is 0.225 e. The number of benzene rings is 2. The first-order valence-corrected chi connectivity index (χ1v) is 7.25.